The van der Waals surface area contributed by atoms with Gasteiger partial charge in [-0.15, -0.1) is 0 Å². The van der Waals surface area contributed by atoms with Crippen molar-refractivity contribution in [3.63, 3.8) is 0 Å². The molecule has 3 rings (SSSR count). The number of benzene rings is 1. The molecule has 3 unspecified atom stereocenters. The zero-order valence-electron chi connectivity index (χ0n) is 14.1. The van der Waals surface area contributed by atoms with Crippen LogP contribution in [-0.4, -0.2) is 56.3 Å². The van der Waals surface area contributed by atoms with Crippen molar-refractivity contribution in [2.75, 3.05) is 0 Å². The number of allylic oxidation sites excluding steroid dienone is 1. The summed E-state index contributed by atoms with van der Waals surface area (Å²) in [5.41, 5.74) is 6.35. The number of rotatable bonds is 4. The van der Waals surface area contributed by atoms with Crippen molar-refractivity contribution in [2.45, 2.75) is 31.0 Å². The van der Waals surface area contributed by atoms with Gasteiger partial charge in [0.1, 0.15) is 17.8 Å². The predicted molar refractivity (Wildman–Crippen MR) is 96.5 cm³/mol. The SMILES string of the molecule is NC(C(=O)NC1C(=O)N2C(C(=O)O)=C(Cl)CCC12)c1ccccc1.O.O.O. The lowest BCUT2D eigenvalue weighted by atomic mass is 9.86. The number of nitrogens with two attached hydrogens (primary N) is 1. The molecule has 2 aliphatic heterocycles. The van der Waals surface area contributed by atoms with Gasteiger partial charge < -0.3 is 32.6 Å². The Labute approximate surface area is 159 Å². The van der Waals surface area contributed by atoms with E-state index in [0.717, 1.165) is 4.90 Å². The minimum absolute atomic E-state index is 0. The molecule has 0 saturated carbocycles. The summed E-state index contributed by atoms with van der Waals surface area (Å²) in [6.07, 6.45) is 0.849. The molecule has 3 atom stereocenters. The van der Waals surface area contributed by atoms with E-state index in [-0.39, 0.29) is 27.2 Å². The Morgan fingerprint density at radius 3 is 2.37 bits per heavy atom. The molecule has 0 aromatic heterocycles. The number of nitrogens with one attached hydrogen (secondary N) is 1. The number of carboxylic acid groups (broad SMARTS) is 1. The van der Waals surface area contributed by atoms with Gasteiger partial charge in [0.05, 0.1) is 6.04 Å². The number of halogens is 1. The van der Waals surface area contributed by atoms with Crippen molar-refractivity contribution in [1.82, 2.24) is 10.2 Å². The number of carboxylic acids is 1. The number of hydrogen-bond donors (Lipinski definition) is 3. The van der Waals surface area contributed by atoms with E-state index in [9.17, 15) is 19.5 Å². The van der Waals surface area contributed by atoms with E-state index in [1.165, 1.54) is 0 Å². The maximum absolute atomic E-state index is 12.3. The van der Waals surface area contributed by atoms with Crippen LogP contribution in [0.25, 0.3) is 0 Å². The van der Waals surface area contributed by atoms with Gasteiger partial charge >= 0.3 is 5.97 Å². The van der Waals surface area contributed by atoms with Gasteiger partial charge in [0, 0.05) is 5.03 Å². The summed E-state index contributed by atoms with van der Waals surface area (Å²) in [6.45, 7) is 0. The van der Waals surface area contributed by atoms with Crippen LogP contribution in [0.5, 0.6) is 0 Å². The Morgan fingerprint density at radius 1 is 1.22 bits per heavy atom. The molecule has 1 saturated heterocycles. The Bertz CT molecular complexity index is 741. The topological polar surface area (TPSA) is 207 Å². The quantitative estimate of drug-likeness (QED) is 0.497. The Morgan fingerprint density at radius 2 is 1.81 bits per heavy atom. The fourth-order valence-corrected chi connectivity index (χ4v) is 3.35. The molecule has 0 spiro atoms. The third-order valence-electron chi connectivity index (χ3n) is 4.32. The van der Waals surface area contributed by atoms with E-state index < -0.39 is 35.9 Å². The minimum atomic E-state index is -1.25. The second-order valence-electron chi connectivity index (χ2n) is 5.75. The van der Waals surface area contributed by atoms with Crippen LogP contribution < -0.4 is 11.1 Å². The highest BCUT2D eigenvalue weighted by atomic mass is 35.5. The molecule has 1 aromatic carbocycles. The number of hydrogen-bond acceptors (Lipinski definition) is 4. The van der Waals surface area contributed by atoms with Crippen molar-refractivity contribution >= 4 is 29.4 Å². The van der Waals surface area contributed by atoms with Gasteiger partial charge in [-0.05, 0) is 18.4 Å². The first-order valence-electron chi connectivity index (χ1n) is 7.47. The summed E-state index contributed by atoms with van der Waals surface area (Å²) in [6, 6.07) is 6.74. The lowest BCUT2D eigenvalue weighted by Crippen LogP contribution is -2.72. The molecule has 10 N–H and O–H groups in total. The maximum atomic E-state index is 12.3. The van der Waals surface area contributed by atoms with E-state index in [1.807, 2.05) is 6.07 Å². The van der Waals surface area contributed by atoms with Crippen molar-refractivity contribution in [1.29, 1.82) is 0 Å². The van der Waals surface area contributed by atoms with Gasteiger partial charge in [-0.3, -0.25) is 14.5 Å². The highest BCUT2D eigenvalue weighted by molar-refractivity contribution is 6.32. The van der Waals surface area contributed by atoms with Crippen LogP contribution in [0.15, 0.2) is 41.1 Å². The third-order valence-corrected chi connectivity index (χ3v) is 4.69. The van der Waals surface area contributed by atoms with Crippen molar-refractivity contribution in [2.24, 2.45) is 5.73 Å². The summed E-state index contributed by atoms with van der Waals surface area (Å²) in [5.74, 6) is -2.20. The Kier molecular flexibility index (Phi) is 8.57. The van der Waals surface area contributed by atoms with Gasteiger partial charge in [-0.25, -0.2) is 4.79 Å². The van der Waals surface area contributed by atoms with E-state index in [1.54, 1.807) is 24.3 Å². The summed E-state index contributed by atoms with van der Waals surface area (Å²) in [5, 5.41) is 12.0. The van der Waals surface area contributed by atoms with Crippen molar-refractivity contribution < 1.29 is 35.9 Å². The van der Waals surface area contributed by atoms with Gasteiger partial charge in [0.2, 0.25) is 5.91 Å². The van der Waals surface area contributed by atoms with Crippen LogP contribution >= 0.6 is 11.6 Å². The van der Waals surface area contributed by atoms with Crippen molar-refractivity contribution in [3.8, 4) is 0 Å². The number of β-lactam (4-membered cyclic amide) rings is 1. The summed E-state index contributed by atoms with van der Waals surface area (Å²) in [7, 11) is 0. The third kappa shape index (κ3) is 4.26. The molecular weight excluding hydrogens is 382 g/mol. The molecule has 2 aliphatic rings. The van der Waals surface area contributed by atoms with E-state index in [4.69, 9.17) is 17.3 Å². The zero-order chi connectivity index (χ0) is 17.4. The van der Waals surface area contributed by atoms with Crippen LogP contribution in [0.4, 0.5) is 0 Å². The standard InChI is InChI=1S/C16H16ClN3O4.3H2O/c17-9-6-7-10-12(15(22)20(10)13(9)16(23)24)19-14(21)11(18)8-4-2-1-3-5-8;;;/h1-5,10-12H,6-7,18H2,(H,19,21)(H,23,24);3*1H2. The molecule has 11 heteroatoms. The molecule has 1 aromatic rings. The van der Waals surface area contributed by atoms with Crippen LogP contribution in [0.1, 0.15) is 24.4 Å². The normalized spacial score (nSPS) is 21.4. The van der Waals surface area contributed by atoms with E-state index in [2.05, 4.69) is 5.32 Å². The van der Waals surface area contributed by atoms with Gasteiger partial charge in [-0.1, -0.05) is 41.9 Å². The van der Waals surface area contributed by atoms with Crippen LogP contribution in [0.3, 0.4) is 0 Å². The molecule has 0 radical (unpaired) electrons. The van der Waals surface area contributed by atoms with Gasteiger partial charge in [-0.2, -0.15) is 0 Å². The van der Waals surface area contributed by atoms with Crippen LogP contribution in [0, 0.1) is 0 Å². The lowest BCUT2D eigenvalue weighted by molar-refractivity contribution is -0.156. The Hall–Kier alpha value is -2.50. The van der Waals surface area contributed by atoms with Crippen LogP contribution in [-0.2, 0) is 14.4 Å². The second-order valence-corrected chi connectivity index (χ2v) is 6.20. The lowest BCUT2D eigenvalue weighted by Gasteiger charge is -2.49. The molecule has 2 heterocycles. The first kappa shape index (κ1) is 24.5. The molecule has 1 fully saturated rings. The highest BCUT2D eigenvalue weighted by Gasteiger charge is 2.53. The predicted octanol–water partition coefficient (Wildman–Crippen LogP) is -1.76. The van der Waals surface area contributed by atoms with E-state index >= 15 is 0 Å². The average Bonchev–Trinajstić information content (AvgIpc) is 2.59. The van der Waals surface area contributed by atoms with Crippen molar-refractivity contribution in [3.05, 3.63) is 46.6 Å². The molecule has 27 heavy (non-hydrogen) atoms. The number of nitrogens with zero attached hydrogens (tertiary/aromatic N) is 1. The molecule has 0 bridgehead atoms. The van der Waals surface area contributed by atoms with Gasteiger partial charge in [0.15, 0.2) is 0 Å². The summed E-state index contributed by atoms with van der Waals surface area (Å²) in [4.78, 5) is 37.0. The molecule has 10 nitrogen and oxygen atoms in total. The monoisotopic (exact) mass is 403 g/mol. The van der Waals surface area contributed by atoms with Crippen LogP contribution in [0.2, 0.25) is 0 Å². The molecular formula is C16H22ClN3O7. The molecule has 2 amide bonds. The second kappa shape index (κ2) is 9.44. The summed E-state index contributed by atoms with van der Waals surface area (Å²) < 4.78 is 0. The number of aliphatic carboxylic acids is 1. The Balaban J connectivity index is 0.00000225. The fourth-order valence-electron chi connectivity index (χ4n) is 3.07. The van der Waals surface area contributed by atoms with Gasteiger partial charge in [0.25, 0.3) is 5.91 Å². The largest absolute Gasteiger partial charge is 0.477 e. The zero-order valence-corrected chi connectivity index (χ0v) is 14.9. The fraction of sp³-hybridized carbons (Fsp3) is 0.312. The first-order chi connectivity index (χ1) is 11.4. The first-order valence-corrected chi connectivity index (χ1v) is 7.85. The highest BCUT2D eigenvalue weighted by Crippen LogP contribution is 2.38. The van der Waals surface area contributed by atoms with E-state index in [0.29, 0.717) is 18.4 Å². The average molecular weight is 404 g/mol. The molecule has 150 valence electrons. The maximum Gasteiger partial charge on any atom is 0.353 e. The molecule has 0 aliphatic carbocycles. The number of amides is 2. The number of carbonyl (C=O) groups excluding carboxylic acids is 2. The smallest absolute Gasteiger partial charge is 0.353 e. The summed E-state index contributed by atoms with van der Waals surface area (Å²) >= 11 is 5.92. The number of fused-ring (bicyclic) bond motifs is 1. The number of carbonyl (C=O) groups is 3. The minimum Gasteiger partial charge on any atom is -0.477 e.